The van der Waals surface area contributed by atoms with E-state index >= 15 is 0 Å². The van der Waals surface area contributed by atoms with Crippen molar-refractivity contribution in [1.29, 1.82) is 0 Å². The molecule has 1 heterocycles. The van der Waals surface area contributed by atoms with Crippen LogP contribution < -0.4 is 0 Å². The molecule has 0 unspecified atom stereocenters. The third kappa shape index (κ3) is 3.50. The number of ether oxygens (including phenoxy) is 2. The van der Waals surface area contributed by atoms with E-state index in [0.29, 0.717) is 0 Å². The molecule has 1 rings (SSSR count). The van der Waals surface area contributed by atoms with Gasteiger partial charge in [0.1, 0.15) is 24.4 Å². The van der Waals surface area contributed by atoms with E-state index in [-0.39, 0.29) is 13.0 Å². The summed E-state index contributed by atoms with van der Waals surface area (Å²) in [6.07, 6.45) is -5.68. The first-order chi connectivity index (χ1) is 8.85. The summed E-state index contributed by atoms with van der Waals surface area (Å²) in [5.41, 5.74) is 0. The average Bonchev–Trinajstić information content (AvgIpc) is 2.40. The Morgan fingerprint density at radius 2 is 2.00 bits per heavy atom. The second-order valence-corrected chi connectivity index (χ2v) is 4.23. The quantitative estimate of drug-likeness (QED) is 0.270. The van der Waals surface area contributed by atoms with E-state index in [1.165, 1.54) is 0 Å². The fraction of sp³-hybridized carbons (Fsp3) is 0.727. The zero-order valence-corrected chi connectivity index (χ0v) is 10.2. The number of hydrogen-bond donors (Lipinski definition) is 5. The molecule has 0 aliphatic carbocycles. The molecule has 1 aliphatic heterocycles. The fourth-order valence-corrected chi connectivity index (χ4v) is 1.78. The number of aliphatic hydroxyl groups excluding tert-OH is 4. The predicted octanol–water partition coefficient (Wildman–Crippen LogP) is -2.73. The van der Waals surface area contributed by atoms with Crippen molar-refractivity contribution >= 4 is 5.97 Å². The van der Waals surface area contributed by atoms with Crippen LogP contribution in [0.15, 0.2) is 12.7 Å². The topological polar surface area (TPSA) is 137 Å². The van der Waals surface area contributed by atoms with Gasteiger partial charge in [-0.15, -0.1) is 0 Å². The highest BCUT2D eigenvalue weighted by Crippen LogP contribution is 2.30. The molecule has 0 aromatic heterocycles. The molecule has 8 nitrogen and oxygen atoms in total. The minimum Gasteiger partial charge on any atom is -0.462 e. The molecule has 110 valence electrons. The number of hydrogen-bond acceptors (Lipinski definition) is 8. The lowest BCUT2D eigenvalue weighted by Gasteiger charge is -2.45. The van der Waals surface area contributed by atoms with E-state index < -0.39 is 42.8 Å². The summed E-state index contributed by atoms with van der Waals surface area (Å²) in [6.45, 7) is 2.24. The van der Waals surface area contributed by atoms with Crippen LogP contribution in [0.3, 0.4) is 0 Å². The highest BCUT2D eigenvalue weighted by Gasteiger charge is 2.52. The molecule has 5 atom stereocenters. The summed E-state index contributed by atoms with van der Waals surface area (Å²) in [6, 6.07) is 0. The first kappa shape index (κ1) is 16.0. The van der Waals surface area contributed by atoms with Gasteiger partial charge in [0.15, 0.2) is 5.79 Å². The summed E-state index contributed by atoms with van der Waals surface area (Å²) in [5.74, 6) is -2.94. The van der Waals surface area contributed by atoms with Crippen LogP contribution in [0.5, 0.6) is 0 Å². The van der Waals surface area contributed by atoms with Crippen molar-refractivity contribution in [3.8, 4) is 0 Å². The highest BCUT2D eigenvalue weighted by molar-refractivity contribution is 5.81. The van der Waals surface area contributed by atoms with Gasteiger partial charge in [-0.05, 0) is 0 Å². The Balaban J connectivity index is 2.67. The maximum Gasteiger partial charge on any atom is 0.330 e. The van der Waals surface area contributed by atoms with Gasteiger partial charge in [0.05, 0.1) is 13.2 Å². The Morgan fingerprint density at radius 1 is 1.37 bits per heavy atom. The maximum absolute atomic E-state index is 10.8. The van der Waals surface area contributed by atoms with E-state index in [0.717, 1.165) is 6.08 Å². The molecule has 0 saturated carbocycles. The summed E-state index contributed by atoms with van der Waals surface area (Å²) in [5, 5.41) is 47.7. The molecule has 0 amide bonds. The van der Waals surface area contributed by atoms with Crippen LogP contribution in [0.1, 0.15) is 6.42 Å². The molecule has 0 radical (unpaired) electrons. The molecule has 5 N–H and O–H groups in total. The van der Waals surface area contributed by atoms with Gasteiger partial charge in [-0.3, -0.25) is 0 Å². The lowest BCUT2D eigenvalue weighted by Crippen LogP contribution is -2.65. The van der Waals surface area contributed by atoms with Crippen LogP contribution in [-0.4, -0.2) is 74.9 Å². The predicted molar refractivity (Wildman–Crippen MR) is 60.7 cm³/mol. The molecule has 0 spiro atoms. The third-order valence-electron chi connectivity index (χ3n) is 2.92. The van der Waals surface area contributed by atoms with Crippen molar-refractivity contribution < 1.29 is 39.8 Å². The Labute approximate surface area is 109 Å². The van der Waals surface area contributed by atoms with E-state index in [1.54, 1.807) is 0 Å². The Morgan fingerprint density at radius 3 is 2.53 bits per heavy atom. The zero-order valence-electron chi connectivity index (χ0n) is 10.2. The van der Waals surface area contributed by atoms with Gasteiger partial charge in [-0.2, -0.15) is 0 Å². The number of carbonyl (C=O) groups excluding carboxylic acids is 1. The molecular formula is C11H18O8. The van der Waals surface area contributed by atoms with E-state index in [9.17, 15) is 25.2 Å². The molecule has 0 bridgehead atoms. The molecule has 1 aliphatic rings. The summed E-state index contributed by atoms with van der Waals surface area (Å²) in [4.78, 5) is 10.8. The first-order valence-electron chi connectivity index (χ1n) is 5.70. The minimum atomic E-state index is -2.23. The molecule has 19 heavy (non-hydrogen) atoms. The van der Waals surface area contributed by atoms with Crippen LogP contribution in [-0.2, 0) is 14.3 Å². The van der Waals surface area contributed by atoms with Crippen molar-refractivity contribution in [2.24, 2.45) is 0 Å². The van der Waals surface area contributed by atoms with Crippen LogP contribution >= 0.6 is 0 Å². The van der Waals surface area contributed by atoms with Gasteiger partial charge in [-0.25, -0.2) is 4.79 Å². The van der Waals surface area contributed by atoms with Crippen molar-refractivity contribution in [2.45, 2.75) is 36.6 Å². The molecular weight excluding hydrogens is 260 g/mol. The molecule has 1 fully saturated rings. The Hall–Kier alpha value is -1.03. The number of rotatable bonds is 5. The summed E-state index contributed by atoms with van der Waals surface area (Å²) >= 11 is 0. The largest absolute Gasteiger partial charge is 0.462 e. The molecule has 1 saturated heterocycles. The average molecular weight is 278 g/mol. The first-order valence-corrected chi connectivity index (χ1v) is 5.70. The molecule has 8 heteroatoms. The van der Waals surface area contributed by atoms with Crippen molar-refractivity contribution in [2.75, 3.05) is 13.2 Å². The lowest BCUT2D eigenvalue weighted by atomic mass is 9.91. The monoisotopic (exact) mass is 278 g/mol. The van der Waals surface area contributed by atoms with Crippen molar-refractivity contribution in [3.05, 3.63) is 12.7 Å². The van der Waals surface area contributed by atoms with Crippen molar-refractivity contribution in [3.63, 3.8) is 0 Å². The standard InChI is InChI=1S/C11H18O8/c1-2-7(13)18-4-3-11(17)10(16)9(15)8(14)6(5-12)19-11/h2,6,8-10,12,14-17H,1,3-5H2/t6-,8+,9+,10-,11+/m1/s1. The number of carbonyl (C=O) groups is 1. The lowest BCUT2D eigenvalue weighted by molar-refractivity contribution is -0.352. The second-order valence-electron chi connectivity index (χ2n) is 4.23. The highest BCUT2D eigenvalue weighted by atomic mass is 16.7. The number of aliphatic hydroxyl groups is 5. The summed E-state index contributed by atoms with van der Waals surface area (Å²) < 4.78 is 9.59. The fourth-order valence-electron chi connectivity index (χ4n) is 1.78. The van der Waals surface area contributed by atoms with Gasteiger partial charge in [0.2, 0.25) is 0 Å². The zero-order chi connectivity index (χ0) is 14.6. The SMILES string of the molecule is C=CC(=O)OCC[C@]1(O)O[C@H](CO)[C@H](O)[C@H](O)[C@H]1O. The Bertz CT molecular complexity index is 331. The van der Waals surface area contributed by atoms with Crippen molar-refractivity contribution in [1.82, 2.24) is 0 Å². The normalized spacial score (nSPS) is 38.8. The Kier molecular flexibility index (Phi) is 5.41. The van der Waals surface area contributed by atoms with Gasteiger partial charge >= 0.3 is 5.97 Å². The minimum absolute atomic E-state index is 0.292. The maximum atomic E-state index is 10.8. The van der Waals surface area contributed by atoms with Gasteiger partial charge in [-0.1, -0.05) is 6.58 Å². The molecule has 0 aromatic carbocycles. The van der Waals surface area contributed by atoms with Gasteiger partial charge < -0.3 is 35.0 Å². The van der Waals surface area contributed by atoms with E-state index in [1.807, 2.05) is 0 Å². The van der Waals surface area contributed by atoms with Crippen LogP contribution in [0, 0.1) is 0 Å². The second kappa shape index (κ2) is 6.42. The molecule has 0 aromatic rings. The van der Waals surface area contributed by atoms with Crippen LogP contribution in [0.2, 0.25) is 0 Å². The van der Waals surface area contributed by atoms with E-state index in [4.69, 9.17) is 9.84 Å². The van der Waals surface area contributed by atoms with Crippen LogP contribution in [0.4, 0.5) is 0 Å². The number of esters is 1. The van der Waals surface area contributed by atoms with E-state index in [2.05, 4.69) is 11.3 Å². The van der Waals surface area contributed by atoms with Gasteiger partial charge in [0.25, 0.3) is 0 Å². The van der Waals surface area contributed by atoms with Crippen LogP contribution in [0.25, 0.3) is 0 Å². The van der Waals surface area contributed by atoms with Gasteiger partial charge in [0, 0.05) is 12.5 Å². The summed E-state index contributed by atoms with van der Waals surface area (Å²) in [7, 11) is 0. The smallest absolute Gasteiger partial charge is 0.330 e. The third-order valence-corrected chi connectivity index (χ3v) is 2.92.